The van der Waals surface area contributed by atoms with Crippen LogP contribution in [0, 0.1) is 0 Å². The van der Waals surface area contributed by atoms with Crippen molar-refractivity contribution in [1.82, 2.24) is 19.8 Å². The second kappa shape index (κ2) is 8.05. The summed E-state index contributed by atoms with van der Waals surface area (Å²) in [6, 6.07) is 8.04. The molecule has 0 aliphatic carbocycles. The van der Waals surface area contributed by atoms with Crippen LogP contribution in [0.3, 0.4) is 0 Å². The second-order valence-corrected chi connectivity index (χ2v) is 7.12. The number of benzene rings is 1. The molecule has 5 nitrogen and oxygen atoms in total. The minimum Gasteiger partial charge on any atom is -0.349 e. The van der Waals surface area contributed by atoms with E-state index in [1.165, 1.54) is 12.8 Å². The molecule has 0 spiro atoms. The Morgan fingerprint density at radius 1 is 1.42 bits per heavy atom. The molecule has 1 N–H and O–H groups in total. The predicted octanol–water partition coefficient (Wildman–Crippen LogP) is 3.32. The molecule has 1 atom stereocenters. The minimum absolute atomic E-state index is 0.0897. The standard InChI is InChI=1S/C17H21ClN4OS/c1-2-14-16(24-21-20-14)17(23)19-11-15(22-8-3-4-9-22)12-6-5-7-13(18)10-12/h5-7,10,15H,2-4,8-9,11H2,1H3,(H,19,23). The first kappa shape index (κ1) is 17.3. The number of carbonyl (C=O) groups excluding carboxylic acids is 1. The number of amides is 1. The lowest BCUT2D eigenvalue weighted by atomic mass is 10.1. The summed E-state index contributed by atoms with van der Waals surface area (Å²) in [7, 11) is 0. The number of aromatic nitrogens is 2. The van der Waals surface area contributed by atoms with Gasteiger partial charge in [-0.1, -0.05) is 35.1 Å². The van der Waals surface area contributed by atoms with Crippen LogP contribution in [-0.4, -0.2) is 40.0 Å². The highest BCUT2D eigenvalue weighted by Gasteiger charge is 2.25. The summed E-state index contributed by atoms with van der Waals surface area (Å²) in [6.45, 7) is 4.64. The smallest absolute Gasteiger partial charge is 0.265 e. The number of nitrogens with one attached hydrogen (secondary N) is 1. The highest BCUT2D eigenvalue weighted by atomic mass is 35.5. The molecule has 1 aliphatic heterocycles. The van der Waals surface area contributed by atoms with E-state index in [1.807, 2.05) is 25.1 Å². The number of aryl methyl sites for hydroxylation is 1. The molecule has 1 saturated heterocycles. The number of likely N-dealkylation sites (tertiary alicyclic amines) is 1. The maximum Gasteiger partial charge on any atom is 0.265 e. The van der Waals surface area contributed by atoms with Crippen LogP contribution < -0.4 is 5.32 Å². The van der Waals surface area contributed by atoms with Crippen LogP contribution in [0.1, 0.15) is 46.7 Å². The molecule has 128 valence electrons. The van der Waals surface area contributed by atoms with Gasteiger partial charge in [-0.15, -0.1) is 5.10 Å². The van der Waals surface area contributed by atoms with Crippen LogP contribution in [0.4, 0.5) is 0 Å². The third kappa shape index (κ3) is 3.94. The van der Waals surface area contributed by atoms with Crippen LogP contribution in [0.5, 0.6) is 0 Å². The number of hydrogen-bond donors (Lipinski definition) is 1. The van der Waals surface area contributed by atoms with E-state index in [2.05, 4.69) is 25.9 Å². The summed E-state index contributed by atoms with van der Waals surface area (Å²) in [5.41, 5.74) is 1.90. The third-order valence-electron chi connectivity index (χ3n) is 4.37. The van der Waals surface area contributed by atoms with Gasteiger partial charge in [0, 0.05) is 11.6 Å². The van der Waals surface area contributed by atoms with Crippen molar-refractivity contribution in [3.05, 3.63) is 45.4 Å². The molecule has 1 unspecified atom stereocenters. The van der Waals surface area contributed by atoms with E-state index >= 15 is 0 Å². The lowest BCUT2D eigenvalue weighted by Gasteiger charge is -2.28. The van der Waals surface area contributed by atoms with Gasteiger partial charge in [-0.05, 0) is 61.6 Å². The summed E-state index contributed by atoms with van der Waals surface area (Å²) in [4.78, 5) is 15.5. The fourth-order valence-corrected chi connectivity index (χ4v) is 3.97. The number of hydrogen-bond acceptors (Lipinski definition) is 5. The zero-order valence-electron chi connectivity index (χ0n) is 13.7. The molecule has 1 aromatic carbocycles. The number of nitrogens with zero attached hydrogens (tertiary/aromatic N) is 3. The minimum atomic E-state index is -0.0897. The average molecular weight is 365 g/mol. The van der Waals surface area contributed by atoms with Gasteiger partial charge in [0.1, 0.15) is 4.88 Å². The fourth-order valence-electron chi connectivity index (χ4n) is 3.11. The van der Waals surface area contributed by atoms with Crippen LogP contribution >= 0.6 is 23.1 Å². The maximum atomic E-state index is 12.5. The normalized spacial score (nSPS) is 16.2. The van der Waals surface area contributed by atoms with Crippen molar-refractivity contribution in [3.63, 3.8) is 0 Å². The van der Waals surface area contributed by atoms with E-state index in [-0.39, 0.29) is 11.9 Å². The molecule has 0 bridgehead atoms. The van der Waals surface area contributed by atoms with Crippen LogP contribution in [0.25, 0.3) is 0 Å². The SMILES string of the molecule is CCc1nnsc1C(=O)NCC(c1cccc(Cl)c1)N1CCCC1. The number of rotatable bonds is 6. The van der Waals surface area contributed by atoms with Crippen molar-refractivity contribution in [2.45, 2.75) is 32.2 Å². The molecule has 1 aliphatic rings. The van der Waals surface area contributed by atoms with Crippen molar-refractivity contribution in [2.24, 2.45) is 0 Å². The van der Waals surface area contributed by atoms with Crippen molar-refractivity contribution in [1.29, 1.82) is 0 Å². The molecule has 2 aromatic rings. The Labute approximate surface area is 151 Å². The Morgan fingerprint density at radius 2 is 2.21 bits per heavy atom. The van der Waals surface area contributed by atoms with Crippen molar-refractivity contribution < 1.29 is 4.79 Å². The van der Waals surface area contributed by atoms with E-state index in [4.69, 9.17) is 11.6 Å². The maximum absolute atomic E-state index is 12.5. The van der Waals surface area contributed by atoms with Gasteiger partial charge in [0.05, 0.1) is 11.7 Å². The van der Waals surface area contributed by atoms with Crippen molar-refractivity contribution in [2.75, 3.05) is 19.6 Å². The van der Waals surface area contributed by atoms with Gasteiger partial charge in [-0.3, -0.25) is 9.69 Å². The molecule has 1 amide bonds. The zero-order valence-corrected chi connectivity index (χ0v) is 15.2. The topological polar surface area (TPSA) is 58.1 Å². The summed E-state index contributed by atoms with van der Waals surface area (Å²) in [5, 5.41) is 7.80. The number of carbonyl (C=O) groups is 1. The Morgan fingerprint density at radius 3 is 2.92 bits per heavy atom. The molecular formula is C17H21ClN4OS. The summed E-state index contributed by atoms with van der Waals surface area (Å²) < 4.78 is 3.89. The first-order valence-electron chi connectivity index (χ1n) is 8.28. The van der Waals surface area contributed by atoms with Crippen molar-refractivity contribution >= 4 is 29.0 Å². The molecule has 2 heterocycles. The first-order chi connectivity index (χ1) is 11.7. The molecular weight excluding hydrogens is 344 g/mol. The van der Waals surface area contributed by atoms with Gasteiger partial charge in [-0.25, -0.2) is 0 Å². The summed E-state index contributed by atoms with van der Waals surface area (Å²) >= 11 is 7.31. The predicted molar refractivity (Wildman–Crippen MR) is 96.6 cm³/mol. The van der Waals surface area contributed by atoms with E-state index < -0.39 is 0 Å². The van der Waals surface area contributed by atoms with Gasteiger partial charge in [0.25, 0.3) is 5.91 Å². The molecule has 1 aromatic heterocycles. The lowest BCUT2D eigenvalue weighted by Crippen LogP contribution is -2.36. The monoisotopic (exact) mass is 364 g/mol. The largest absolute Gasteiger partial charge is 0.349 e. The Balaban J connectivity index is 1.73. The lowest BCUT2D eigenvalue weighted by molar-refractivity contribution is 0.0941. The molecule has 1 fully saturated rings. The average Bonchev–Trinajstić information content (AvgIpc) is 3.26. The van der Waals surface area contributed by atoms with Gasteiger partial charge in [0.15, 0.2) is 0 Å². The first-order valence-corrected chi connectivity index (χ1v) is 9.43. The van der Waals surface area contributed by atoms with E-state index in [1.54, 1.807) is 0 Å². The Hall–Kier alpha value is -1.50. The van der Waals surface area contributed by atoms with Gasteiger partial charge in [0.2, 0.25) is 0 Å². The van der Waals surface area contributed by atoms with Crippen LogP contribution in [0.15, 0.2) is 24.3 Å². The molecule has 7 heteroatoms. The summed E-state index contributed by atoms with van der Waals surface area (Å²) in [6.07, 6.45) is 3.11. The van der Waals surface area contributed by atoms with E-state index in [0.717, 1.165) is 40.9 Å². The Bertz CT molecular complexity index is 699. The van der Waals surface area contributed by atoms with Gasteiger partial charge >= 0.3 is 0 Å². The van der Waals surface area contributed by atoms with Crippen LogP contribution in [-0.2, 0) is 6.42 Å². The molecule has 0 radical (unpaired) electrons. The third-order valence-corrected chi connectivity index (χ3v) is 5.37. The zero-order chi connectivity index (χ0) is 16.9. The van der Waals surface area contributed by atoms with E-state index in [9.17, 15) is 4.79 Å². The Kier molecular flexibility index (Phi) is 5.81. The number of halogens is 1. The van der Waals surface area contributed by atoms with Gasteiger partial charge < -0.3 is 5.32 Å². The molecule has 0 saturated carbocycles. The highest BCUT2D eigenvalue weighted by molar-refractivity contribution is 7.08. The summed E-state index contributed by atoms with van der Waals surface area (Å²) in [5.74, 6) is -0.0897. The van der Waals surface area contributed by atoms with Crippen molar-refractivity contribution in [3.8, 4) is 0 Å². The quantitative estimate of drug-likeness (QED) is 0.854. The van der Waals surface area contributed by atoms with E-state index in [0.29, 0.717) is 17.8 Å². The second-order valence-electron chi connectivity index (χ2n) is 5.93. The van der Waals surface area contributed by atoms with Crippen LogP contribution in [0.2, 0.25) is 5.02 Å². The highest BCUT2D eigenvalue weighted by Crippen LogP contribution is 2.26. The molecule has 3 rings (SSSR count). The molecule has 24 heavy (non-hydrogen) atoms. The fraction of sp³-hybridized carbons (Fsp3) is 0.471. The van der Waals surface area contributed by atoms with Gasteiger partial charge in [-0.2, -0.15) is 0 Å².